The van der Waals surface area contributed by atoms with Crippen LogP contribution in [0.1, 0.15) is 6.42 Å². The van der Waals surface area contributed by atoms with Gasteiger partial charge in [0, 0.05) is 64.9 Å². The van der Waals surface area contributed by atoms with Crippen molar-refractivity contribution in [3.63, 3.8) is 0 Å². The lowest BCUT2D eigenvalue weighted by molar-refractivity contribution is 0.579. The Morgan fingerprint density at radius 3 is 2.90 bits per heavy atom. The number of sulfonamides is 1. The van der Waals surface area contributed by atoms with E-state index in [1.807, 2.05) is 12.1 Å². The van der Waals surface area contributed by atoms with Crippen LogP contribution in [-0.4, -0.2) is 63.2 Å². The first-order valence-corrected chi connectivity index (χ1v) is 11.2. The first-order chi connectivity index (χ1) is 13.9. The third-order valence-corrected chi connectivity index (χ3v) is 6.36. The molecular weight excluding hydrogens is 414 g/mol. The number of nitrogens with one attached hydrogen (secondary N) is 3. The lowest BCUT2D eigenvalue weighted by atomic mass is 10.3. The largest absolute Gasteiger partial charge is 0.356 e. The van der Waals surface area contributed by atoms with Crippen molar-refractivity contribution in [2.24, 2.45) is 12.0 Å². The highest BCUT2D eigenvalue weighted by Gasteiger charge is 2.25. The number of aryl methyl sites for hydroxylation is 1. The van der Waals surface area contributed by atoms with Crippen molar-refractivity contribution in [2.45, 2.75) is 17.4 Å². The van der Waals surface area contributed by atoms with Gasteiger partial charge in [0.25, 0.3) is 0 Å². The Morgan fingerprint density at radius 2 is 2.21 bits per heavy atom. The average molecular weight is 440 g/mol. The fourth-order valence-electron chi connectivity index (χ4n) is 3.15. The molecule has 9 nitrogen and oxygen atoms in total. The van der Waals surface area contributed by atoms with Crippen LogP contribution in [0.25, 0.3) is 0 Å². The minimum Gasteiger partial charge on any atom is -0.356 e. The zero-order valence-corrected chi connectivity index (χ0v) is 18.0. The Kier molecular flexibility index (Phi) is 6.99. The maximum Gasteiger partial charge on any atom is 0.242 e. The van der Waals surface area contributed by atoms with Crippen molar-refractivity contribution in [2.75, 3.05) is 38.1 Å². The number of hydrogen-bond donors (Lipinski definition) is 3. The number of anilines is 1. The van der Waals surface area contributed by atoms with Gasteiger partial charge in [-0.05, 0) is 24.6 Å². The maximum absolute atomic E-state index is 12.2. The van der Waals surface area contributed by atoms with E-state index in [1.165, 1.54) is 0 Å². The van der Waals surface area contributed by atoms with Crippen LogP contribution in [0.2, 0.25) is 5.02 Å². The van der Waals surface area contributed by atoms with Gasteiger partial charge in [-0.25, -0.2) is 18.1 Å². The third kappa shape index (κ3) is 5.62. The molecule has 1 saturated heterocycles. The second kappa shape index (κ2) is 9.47. The van der Waals surface area contributed by atoms with Crippen LogP contribution in [0.15, 0.2) is 46.7 Å². The van der Waals surface area contributed by atoms with Gasteiger partial charge in [0.05, 0.1) is 9.92 Å². The van der Waals surface area contributed by atoms with Crippen LogP contribution in [0, 0.1) is 0 Å². The molecule has 1 fully saturated rings. The highest BCUT2D eigenvalue weighted by atomic mass is 35.5. The van der Waals surface area contributed by atoms with Gasteiger partial charge in [-0.3, -0.25) is 4.99 Å². The Hall–Kier alpha value is -2.30. The van der Waals surface area contributed by atoms with Gasteiger partial charge in [0.1, 0.15) is 5.82 Å². The van der Waals surface area contributed by atoms with Gasteiger partial charge in [-0.1, -0.05) is 11.6 Å². The van der Waals surface area contributed by atoms with E-state index in [2.05, 4.69) is 30.2 Å². The Labute approximate surface area is 176 Å². The number of guanidine groups is 1. The van der Waals surface area contributed by atoms with E-state index in [9.17, 15) is 8.42 Å². The van der Waals surface area contributed by atoms with Crippen LogP contribution in [0.4, 0.5) is 5.82 Å². The predicted octanol–water partition coefficient (Wildman–Crippen LogP) is 0.796. The summed E-state index contributed by atoms with van der Waals surface area (Å²) in [5.74, 6) is 1.42. The van der Waals surface area contributed by atoms with Crippen molar-refractivity contribution < 1.29 is 8.42 Å². The second-order valence-electron chi connectivity index (χ2n) is 6.79. The number of aliphatic imine (C=N–C) groups is 1. The molecular formula is C18H26ClN7O2S. The molecule has 2 aromatic heterocycles. The Balaban J connectivity index is 1.44. The topological polar surface area (TPSA) is 104 Å². The molecule has 1 aliphatic heterocycles. The first-order valence-electron chi connectivity index (χ1n) is 9.33. The second-order valence-corrected chi connectivity index (χ2v) is 8.97. The van der Waals surface area contributed by atoms with Crippen molar-refractivity contribution in [3.05, 3.63) is 41.8 Å². The van der Waals surface area contributed by atoms with E-state index in [0.29, 0.717) is 17.5 Å². The van der Waals surface area contributed by atoms with Crippen LogP contribution in [0.5, 0.6) is 0 Å². The fraction of sp³-hybridized carbons (Fsp3) is 0.444. The predicted molar refractivity (Wildman–Crippen MR) is 115 cm³/mol. The number of rotatable bonds is 7. The van der Waals surface area contributed by atoms with E-state index in [4.69, 9.17) is 11.6 Å². The molecule has 1 unspecified atom stereocenters. The van der Waals surface area contributed by atoms with Gasteiger partial charge in [-0.2, -0.15) is 0 Å². The molecule has 158 valence electrons. The summed E-state index contributed by atoms with van der Waals surface area (Å²) in [6.07, 6.45) is 5.92. The van der Waals surface area contributed by atoms with Gasteiger partial charge >= 0.3 is 0 Å². The Bertz CT molecular complexity index is 961. The van der Waals surface area contributed by atoms with Crippen LogP contribution >= 0.6 is 11.6 Å². The van der Waals surface area contributed by atoms with Crippen LogP contribution < -0.4 is 20.3 Å². The zero-order chi connectivity index (χ0) is 20.9. The average Bonchev–Trinajstić information content (AvgIpc) is 3.34. The van der Waals surface area contributed by atoms with Crippen LogP contribution in [0.3, 0.4) is 0 Å². The number of halogens is 1. The van der Waals surface area contributed by atoms with E-state index < -0.39 is 10.0 Å². The van der Waals surface area contributed by atoms with Gasteiger partial charge in [0.15, 0.2) is 5.96 Å². The summed E-state index contributed by atoms with van der Waals surface area (Å²) in [6, 6.07) is 5.41. The van der Waals surface area contributed by atoms with E-state index in [-0.39, 0.29) is 17.5 Å². The molecule has 0 bridgehead atoms. The molecule has 11 heteroatoms. The van der Waals surface area contributed by atoms with Gasteiger partial charge in [0.2, 0.25) is 10.0 Å². The minimum atomic E-state index is -3.51. The normalized spacial score (nSPS) is 17.6. The smallest absolute Gasteiger partial charge is 0.242 e. The quantitative estimate of drug-likeness (QED) is 0.335. The molecule has 3 rings (SSSR count). The SMILES string of the molecule is CN=C(NCCNS(=O)(=O)c1ccn(C)c1)NC1CCN(c2ncccc2Cl)C1. The van der Waals surface area contributed by atoms with E-state index in [0.717, 1.165) is 25.3 Å². The number of pyridine rings is 1. The molecule has 0 aromatic carbocycles. The number of nitrogens with zero attached hydrogens (tertiary/aromatic N) is 4. The number of aromatic nitrogens is 2. The molecule has 0 aliphatic carbocycles. The molecule has 3 heterocycles. The zero-order valence-electron chi connectivity index (χ0n) is 16.5. The third-order valence-electron chi connectivity index (χ3n) is 4.62. The summed E-state index contributed by atoms with van der Waals surface area (Å²) >= 11 is 6.23. The molecule has 0 radical (unpaired) electrons. The van der Waals surface area contributed by atoms with Crippen molar-refractivity contribution in [1.82, 2.24) is 24.9 Å². The van der Waals surface area contributed by atoms with Crippen LogP contribution in [-0.2, 0) is 17.1 Å². The molecule has 3 N–H and O–H groups in total. The van der Waals surface area contributed by atoms with Crippen molar-refractivity contribution in [3.8, 4) is 0 Å². The number of hydrogen-bond acceptors (Lipinski definition) is 5. The lowest BCUT2D eigenvalue weighted by Gasteiger charge is -2.20. The maximum atomic E-state index is 12.2. The van der Waals surface area contributed by atoms with Crippen molar-refractivity contribution in [1.29, 1.82) is 0 Å². The van der Waals surface area contributed by atoms with E-state index in [1.54, 1.807) is 43.3 Å². The highest BCUT2D eigenvalue weighted by Crippen LogP contribution is 2.25. The molecule has 0 saturated carbocycles. The van der Waals surface area contributed by atoms with Crippen molar-refractivity contribution >= 4 is 33.4 Å². The summed E-state index contributed by atoms with van der Waals surface area (Å²) < 4.78 is 28.7. The molecule has 0 spiro atoms. The first kappa shape index (κ1) is 21.4. The Morgan fingerprint density at radius 1 is 1.38 bits per heavy atom. The monoisotopic (exact) mass is 439 g/mol. The lowest BCUT2D eigenvalue weighted by Crippen LogP contribution is -2.46. The summed E-state index contributed by atoms with van der Waals surface area (Å²) in [5, 5.41) is 7.14. The summed E-state index contributed by atoms with van der Waals surface area (Å²) in [6.45, 7) is 2.27. The fourth-order valence-corrected chi connectivity index (χ4v) is 4.48. The summed E-state index contributed by atoms with van der Waals surface area (Å²) in [4.78, 5) is 11.0. The molecule has 2 aromatic rings. The highest BCUT2D eigenvalue weighted by molar-refractivity contribution is 7.89. The minimum absolute atomic E-state index is 0.195. The summed E-state index contributed by atoms with van der Waals surface area (Å²) in [5.41, 5.74) is 0. The molecule has 29 heavy (non-hydrogen) atoms. The molecule has 1 aliphatic rings. The van der Waals surface area contributed by atoms with Gasteiger partial charge in [-0.15, -0.1) is 0 Å². The standard InChI is InChI=1S/C18H26ClN7O2S/c1-20-18(22-8-9-23-29(27,28)15-6-10-25(2)13-15)24-14-5-11-26(12-14)17-16(19)4-3-7-21-17/h3-4,6-7,10,13-14,23H,5,8-9,11-12H2,1-2H3,(H2,20,22,24). The molecule has 0 amide bonds. The summed E-state index contributed by atoms with van der Waals surface area (Å²) in [7, 11) is -0.0395. The van der Waals surface area contributed by atoms with Gasteiger partial charge < -0.3 is 20.1 Å². The van der Waals surface area contributed by atoms with E-state index >= 15 is 0 Å². The molecule has 1 atom stereocenters.